The van der Waals surface area contributed by atoms with E-state index >= 15 is 0 Å². The highest BCUT2D eigenvalue weighted by Crippen LogP contribution is 2.43. The molecule has 8 heteroatoms. The van der Waals surface area contributed by atoms with Crippen molar-refractivity contribution in [3.8, 4) is 30.6 Å². The Bertz CT molecular complexity index is 1230. The van der Waals surface area contributed by atoms with Crippen molar-refractivity contribution in [3.05, 3.63) is 56.1 Å². The molecule has 0 amide bonds. The van der Waals surface area contributed by atoms with Gasteiger partial charge >= 0.3 is 0 Å². The fraction of sp³-hybridized carbons (Fsp3) is 0. The molecule has 4 aromatic heterocycles. The minimum Gasteiger partial charge on any atom is -0.172 e. The lowest BCUT2D eigenvalue weighted by molar-refractivity contribution is 1.63. The van der Waals surface area contributed by atoms with Gasteiger partial charge in [-0.25, -0.2) is 0 Å². The standard InChI is InChI=1S/C18H8Br2N2S4/c19-15-7-5-12(24-15)10-2-1-9(17-18(10)22-26-21-17)11-3-4-13(23-11)14-6-8-16(20)25-14/h1-8H. The predicted molar refractivity (Wildman–Crippen MR) is 123 cm³/mol. The molecule has 0 N–H and O–H groups in total. The molecule has 5 rings (SSSR count). The molecule has 0 unspecified atom stereocenters. The zero-order chi connectivity index (χ0) is 17.7. The summed E-state index contributed by atoms with van der Waals surface area (Å²) in [6.45, 7) is 0. The topological polar surface area (TPSA) is 25.8 Å². The smallest absolute Gasteiger partial charge is 0.114 e. The van der Waals surface area contributed by atoms with Crippen molar-refractivity contribution in [1.82, 2.24) is 8.75 Å². The van der Waals surface area contributed by atoms with Crippen LogP contribution in [0.5, 0.6) is 0 Å². The molecule has 26 heavy (non-hydrogen) atoms. The quantitative estimate of drug-likeness (QED) is 0.230. The Morgan fingerprint density at radius 3 is 1.58 bits per heavy atom. The normalized spacial score (nSPS) is 11.5. The Morgan fingerprint density at radius 2 is 1.00 bits per heavy atom. The molecular weight excluding hydrogens is 532 g/mol. The molecule has 0 saturated heterocycles. The number of aromatic nitrogens is 2. The largest absolute Gasteiger partial charge is 0.172 e. The van der Waals surface area contributed by atoms with E-state index in [0.29, 0.717) is 0 Å². The van der Waals surface area contributed by atoms with Gasteiger partial charge in [-0.1, -0.05) is 12.1 Å². The summed E-state index contributed by atoms with van der Waals surface area (Å²) in [7, 11) is 0. The van der Waals surface area contributed by atoms with Crippen molar-refractivity contribution in [2.75, 3.05) is 0 Å². The average molecular weight is 540 g/mol. The van der Waals surface area contributed by atoms with Gasteiger partial charge in [-0.3, -0.25) is 0 Å². The second-order valence-corrected chi connectivity index (χ2v) is 12.0. The molecule has 0 fully saturated rings. The second-order valence-electron chi connectivity index (χ2n) is 5.49. The van der Waals surface area contributed by atoms with Gasteiger partial charge in [0.2, 0.25) is 0 Å². The van der Waals surface area contributed by atoms with Crippen LogP contribution in [0.2, 0.25) is 0 Å². The van der Waals surface area contributed by atoms with E-state index in [4.69, 9.17) is 0 Å². The van der Waals surface area contributed by atoms with Gasteiger partial charge in [-0.05, 0) is 68.3 Å². The molecular formula is C18H8Br2N2S4. The number of rotatable bonds is 3. The molecule has 1 aromatic carbocycles. The van der Waals surface area contributed by atoms with Gasteiger partial charge in [0.15, 0.2) is 0 Å². The lowest BCUT2D eigenvalue weighted by Crippen LogP contribution is -1.81. The first-order valence-electron chi connectivity index (χ1n) is 7.56. The Balaban J connectivity index is 1.62. The van der Waals surface area contributed by atoms with Crippen LogP contribution < -0.4 is 0 Å². The summed E-state index contributed by atoms with van der Waals surface area (Å²) in [5.74, 6) is 0. The summed E-state index contributed by atoms with van der Waals surface area (Å²) in [4.78, 5) is 4.98. The first kappa shape index (κ1) is 17.2. The van der Waals surface area contributed by atoms with Crippen LogP contribution in [0.1, 0.15) is 0 Å². The van der Waals surface area contributed by atoms with Crippen LogP contribution in [0.15, 0.2) is 56.1 Å². The summed E-state index contributed by atoms with van der Waals surface area (Å²) < 4.78 is 11.5. The molecule has 128 valence electrons. The van der Waals surface area contributed by atoms with Gasteiger partial charge in [0.1, 0.15) is 11.0 Å². The predicted octanol–water partition coefficient (Wildman–Crippen LogP) is 8.40. The van der Waals surface area contributed by atoms with Crippen molar-refractivity contribution < 1.29 is 0 Å². The van der Waals surface area contributed by atoms with Gasteiger partial charge in [0.25, 0.3) is 0 Å². The van der Waals surface area contributed by atoms with Crippen LogP contribution in [0.3, 0.4) is 0 Å². The number of fused-ring (bicyclic) bond motifs is 1. The molecule has 0 aliphatic rings. The van der Waals surface area contributed by atoms with E-state index in [-0.39, 0.29) is 0 Å². The molecule has 0 aliphatic heterocycles. The van der Waals surface area contributed by atoms with E-state index in [1.807, 2.05) is 0 Å². The Labute approximate surface area is 182 Å². The van der Waals surface area contributed by atoms with E-state index in [1.165, 1.54) is 31.2 Å². The maximum atomic E-state index is 4.60. The maximum absolute atomic E-state index is 4.60. The van der Waals surface area contributed by atoms with Crippen LogP contribution in [0.25, 0.3) is 41.7 Å². The molecule has 0 radical (unpaired) electrons. The Morgan fingerprint density at radius 1 is 0.538 bits per heavy atom. The molecule has 5 aromatic rings. The zero-order valence-corrected chi connectivity index (χ0v) is 19.3. The number of hydrogen-bond donors (Lipinski definition) is 0. The molecule has 0 bridgehead atoms. The van der Waals surface area contributed by atoms with Gasteiger partial charge in [-0.15, -0.1) is 34.0 Å². The first-order chi connectivity index (χ1) is 12.7. The summed E-state index contributed by atoms with van der Waals surface area (Å²) in [6.07, 6.45) is 0. The summed E-state index contributed by atoms with van der Waals surface area (Å²) in [5.41, 5.74) is 4.26. The fourth-order valence-electron chi connectivity index (χ4n) is 2.79. The highest BCUT2D eigenvalue weighted by Gasteiger charge is 2.16. The zero-order valence-electron chi connectivity index (χ0n) is 12.9. The molecule has 0 saturated carbocycles. The highest BCUT2D eigenvalue weighted by atomic mass is 79.9. The van der Waals surface area contributed by atoms with Crippen molar-refractivity contribution in [1.29, 1.82) is 0 Å². The third kappa shape index (κ3) is 3.02. The van der Waals surface area contributed by atoms with E-state index < -0.39 is 0 Å². The third-order valence-corrected chi connectivity index (χ3v) is 9.06. The van der Waals surface area contributed by atoms with E-state index in [2.05, 4.69) is 89.1 Å². The summed E-state index contributed by atoms with van der Waals surface area (Å²) in [6, 6.07) is 17.2. The minimum absolute atomic E-state index is 0.982. The first-order valence-corrected chi connectivity index (χ1v) is 12.3. The summed E-state index contributed by atoms with van der Waals surface area (Å²) in [5, 5.41) is 0. The van der Waals surface area contributed by atoms with Crippen LogP contribution in [-0.2, 0) is 0 Å². The van der Waals surface area contributed by atoms with Crippen LogP contribution in [0.4, 0.5) is 0 Å². The van der Waals surface area contributed by atoms with Crippen LogP contribution in [0, 0.1) is 0 Å². The third-order valence-electron chi connectivity index (χ3n) is 3.94. The van der Waals surface area contributed by atoms with Crippen molar-refractivity contribution >= 4 is 88.6 Å². The molecule has 0 atom stereocenters. The highest BCUT2D eigenvalue weighted by molar-refractivity contribution is 9.11. The number of nitrogens with zero attached hydrogens (tertiary/aromatic N) is 2. The second kappa shape index (κ2) is 6.92. The Hall–Kier alpha value is -0.900. The van der Waals surface area contributed by atoms with Crippen molar-refractivity contribution in [2.24, 2.45) is 0 Å². The van der Waals surface area contributed by atoms with Gasteiger partial charge in [0, 0.05) is 30.6 Å². The molecule has 0 aliphatic carbocycles. The number of hydrogen-bond acceptors (Lipinski definition) is 6. The molecule has 4 heterocycles. The fourth-order valence-corrected chi connectivity index (χ4v) is 7.28. The maximum Gasteiger partial charge on any atom is 0.114 e. The van der Waals surface area contributed by atoms with Gasteiger partial charge in [0.05, 0.1) is 19.3 Å². The van der Waals surface area contributed by atoms with Gasteiger partial charge < -0.3 is 0 Å². The van der Waals surface area contributed by atoms with E-state index in [1.54, 1.807) is 34.0 Å². The van der Waals surface area contributed by atoms with Gasteiger partial charge in [-0.2, -0.15) is 8.75 Å². The SMILES string of the molecule is Brc1ccc(-c2ccc(-c3ccc(-c4ccc(Br)s4)c4nsnc34)s2)s1. The number of halogens is 2. The van der Waals surface area contributed by atoms with Crippen molar-refractivity contribution in [2.45, 2.75) is 0 Å². The molecule has 0 spiro atoms. The van der Waals surface area contributed by atoms with Crippen molar-refractivity contribution in [3.63, 3.8) is 0 Å². The lowest BCUT2D eigenvalue weighted by atomic mass is 10.1. The van der Waals surface area contributed by atoms with E-state index in [9.17, 15) is 0 Å². The lowest BCUT2D eigenvalue weighted by Gasteiger charge is -2.03. The monoisotopic (exact) mass is 538 g/mol. The number of thiophene rings is 3. The van der Waals surface area contributed by atoms with Crippen LogP contribution >= 0.6 is 77.6 Å². The van der Waals surface area contributed by atoms with E-state index in [0.717, 1.165) is 29.7 Å². The van der Waals surface area contributed by atoms with Crippen LogP contribution in [-0.4, -0.2) is 8.75 Å². The molecule has 2 nitrogen and oxygen atoms in total. The number of benzene rings is 1. The average Bonchev–Trinajstić information content (AvgIpc) is 3.40. The Kier molecular flexibility index (Phi) is 4.58. The summed E-state index contributed by atoms with van der Waals surface area (Å²) >= 11 is 13.6. The minimum atomic E-state index is 0.982.